The molecule has 0 unspecified atom stereocenters. The van der Waals surface area contributed by atoms with E-state index in [1.807, 2.05) is 0 Å². The van der Waals surface area contributed by atoms with Gasteiger partial charge in [-0.3, -0.25) is 14.9 Å². The molecule has 1 rings (SSSR count). The number of ether oxygens (including phenoxy) is 1. The molecule has 17 heavy (non-hydrogen) atoms. The Bertz CT molecular complexity index is 510. The van der Waals surface area contributed by atoms with Crippen molar-refractivity contribution >= 4 is 17.4 Å². The fourth-order valence-electron chi connectivity index (χ4n) is 1.30. The third-order valence-corrected chi connectivity index (χ3v) is 2.10. The van der Waals surface area contributed by atoms with E-state index in [1.165, 1.54) is 6.92 Å². The number of hydrogen-bond donors (Lipinski definition) is 0. The first kappa shape index (κ1) is 12.8. The molecule has 0 saturated carbocycles. The number of aryl methyl sites for hydroxylation is 1. The molecule has 0 aliphatic heterocycles. The highest BCUT2D eigenvalue weighted by atomic mass is 16.6. The standard InChI is InChI=1S/C10H10N2O5/c1-5-4-7(12(15)16)9(6(2)13)11-8(5)10(14)17-3/h4H,1-3H3. The lowest BCUT2D eigenvalue weighted by atomic mass is 10.1. The van der Waals surface area contributed by atoms with Gasteiger partial charge in [0, 0.05) is 13.0 Å². The van der Waals surface area contributed by atoms with E-state index in [4.69, 9.17) is 0 Å². The predicted molar refractivity (Wildman–Crippen MR) is 57.0 cm³/mol. The molecule has 0 saturated heterocycles. The van der Waals surface area contributed by atoms with Gasteiger partial charge in [-0.05, 0) is 12.5 Å². The summed E-state index contributed by atoms with van der Waals surface area (Å²) in [5.41, 5.74) is -0.569. The van der Waals surface area contributed by atoms with Gasteiger partial charge in [0.05, 0.1) is 12.0 Å². The first-order chi connectivity index (χ1) is 7.88. The smallest absolute Gasteiger partial charge is 0.356 e. The number of Topliss-reactive ketones (excluding diaryl/α,β-unsaturated/α-hetero) is 1. The third-order valence-electron chi connectivity index (χ3n) is 2.10. The highest BCUT2D eigenvalue weighted by Crippen LogP contribution is 2.21. The summed E-state index contributed by atoms with van der Waals surface area (Å²) < 4.78 is 4.47. The van der Waals surface area contributed by atoms with Crippen molar-refractivity contribution in [2.75, 3.05) is 7.11 Å². The number of carbonyl (C=O) groups is 2. The number of rotatable bonds is 3. The van der Waals surface area contributed by atoms with Crippen molar-refractivity contribution in [1.29, 1.82) is 0 Å². The molecule has 0 N–H and O–H groups in total. The second-order valence-corrected chi connectivity index (χ2v) is 3.33. The van der Waals surface area contributed by atoms with E-state index in [0.29, 0.717) is 0 Å². The van der Waals surface area contributed by atoms with Crippen molar-refractivity contribution in [1.82, 2.24) is 4.98 Å². The number of pyridine rings is 1. The maximum Gasteiger partial charge on any atom is 0.356 e. The van der Waals surface area contributed by atoms with Crippen LogP contribution in [-0.2, 0) is 4.74 Å². The van der Waals surface area contributed by atoms with Gasteiger partial charge in [0.25, 0.3) is 5.69 Å². The Balaban J connectivity index is 3.50. The Hall–Kier alpha value is -2.31. The van der Waals surface area contributed by atoms with Crippen LogP contribution in [0.2, 0.25) is 0 Å². The van der Waals surface area contributed by atoms with Crippen molar-refractivity contribution in [3.8, 4) is 0 Å². The zero-order valence-corrected chi connectivity index (χ0v) is 9.51. The number of nitro groups is 1. The van der Waals surface area contributed by atoms with Crippen LogP contribution in [0.25, 0.3) is 0 Å². The van der Waals surface area contributed by atoms with E-state index in [9.17, 15) is 19.7 Å². The molecule has 1 heterocycles. The van der Waals surface area contributed by atoms with Gasteiger partial charge >= 0.3 is 5.97 Å². The molecule has 0 atom stereocenters. The molecular formula is C10H10N2O5. The summed E-state index contributed by atoms with van der Waals surface area (Å²) >= 11 is 0. The molecule has 7 heteroatoms. The van der Waals surface area contributed by atoms with E-state index in [2.05, 4.69) is 9.72 Å². The average Bonchev–Trinajstić information content (AvgIpc) is 2.27. The van der Waals surface area contributed by atoms with Gasteiger partial charge in [-0.25, -0.2) is 9.78 Å². The molecule has 90 valence electrons. The predicted octanol–water partition coefficient (Wildman–Crippen LogP) is 1.29. The zero-order chi connectivity index (χ0) is 13.2. The largest absolute Gasteiger partial charge is 0.464 e. The van der Waals surface area contributed by atoms with Gasteiger partial charge in [0.1, 0.15) is 0 Å². The van der Waals surface area contributed by atoms with E-state index in [0.717, 1.165) is 20.1 Å². The van der Waals surface area contributed by atoms with Gasteiger partial charge in [0.2, 0.25) is 0 Å². The minimum atomic E-state index is -0.736. The molecule has 0 aliphatic rings. The van der Waals surface area contributed by atoms with Gasteiger partial charge in [-0.2, -0.15) is 0 Å². The number of methoxy groups -OCH3 is 1. The van der Waals surface area contributed by atoms with Gasteiger partial charge in [-0.1, -0.05) is 0 Å². The van der Waals surface area contributed by atoms with Gasteiger partial charge < -0.3 is 4.74 Å². The summed E-state index contributed by atoms with van der Waals surface area (Å²) in [4.78, 5) is 36.3. The fraction of sp³-hybridized carbons (Fsp3) is 0.300. The first-order valence-corrected chi connectivity index (χ1v) is 4.63. The highest BCUT2D eigenvalue weighted by Gasteiger charge is 2.24. The Morgan fingerprint density at radius 3 is 2.41 bits per heavy atom. The Morgan fingerprint density at radius 1 is 1.41 bits per heavy atom. The van der Waals surface area contributed by atoms with Crippen LogP contribution in [0.15, 0.2) is 6.07 Å². The molecule has 0 spiro atoms. The van der Waals surface area contributed by atoms with Crippen molar-refractivity contribution < 1.29 is 19.2 Å². The lowest BCUT2D eigenvalue weighted by Gasteiger charge is -2.05. The molecule has 0 bridgehead atoms. The third kappa shape index (κ3) is 2.44. The van der Waals surface area contributed by atoms with Crippen molar-refractivity contribution in [3.05, 3.63) is 33.1 Å². The van der Waals surface area contributed by atoms with Crippen LogP contribution in [0, 0.1) is 17.0 Å². The van der Waals surface area contributed by atoms with Crippen LogP contribution in [0.1, 0.15) is 33.5 Å². The molecular weight excluding hydrogens is 228 g/mol. The first-order valence-electron chi connectivity index (χ1n) is 4.63. The average molecular weight is 238 g/mol. The maximum atomic E-state index is 11.3. The molecule has 0 aromatic carbocycles. The number of aromatic nitrogens is 1. The Labute approximate surface area is 96.6 Å². The maximum absolute atomic E-state index is 11.3. The van der Waals surface area contributed by atoms with E-state index >= 15 is 0 Å². The quantitative estimate of drug-likeness (QED) is 0.340. The summed E-state index contributed by atoms with van der Waals surface area (Å²) in [5, 5.41) is 10.7. The second-order valence-electron chi connectivity index (χ2n) is 3.33. The molecule has 1 aromatic rings. The minimum Gasteiger partial charge on any atom is -0.464 e. The normalized spacial score (nSPS) is 9.82. The zero-order valence-electron chi connectivity index (χ0n) is 9.51. The van der Waals surface area contributed by atoms with Crippen LogP contribution < -0.4 is 0 Å². The van der Waals surface area contributed by atoms with E-state index in [1.54, 1.807) is 0 Å². The van der Waals surface area contributed by atoms with Crippen molar-refractivity contribution in [3.63, 3.8) is 0 Å². The second kappa shape index (κ2) is 4.69. The van der Waals surface area contributed by atoms with Crippen LogP contribution in [0.5, 0.6) is 0 Å². The highest BCUT2D eigenvalue weighted by molar-refractivity contribution is 5.98. The van der Waals surface area contributed by atoms with Crippen LogP contribution in [0.4, 0.5) is 5.69 Å². The lowest BCUT2D eigenvalue weighted by molar-refractivity contribution is -0.385. The number of carbonyl (C=O) groups excluding carboxylic acids is 2. The van der Waals surface area contributed by atoms with Gasteiger partial charge in [0.15, 0.2) is 17.2 Å². The van der Waals surface area contributed by atoms with Crippen molar-refractivity contribution in [2.24, 2.45) is 0 Å². The number of esters is 1. The number of nitrogens with zero attached hydrogens (tertiary/aromatic N) is 2. The summed E-state index contributed by atoms with van der Waals surface area (Å²) in [6, 6.07) is 1.13. The minimum absolute atomic E-state index is 0.0942. The molecule has 0 amide bonds. The van der Waals surface area contributed by atoms with Crippen LogP contribution in [0.3, 0.4) is 0 Å². The van der Waals surface area contributed by atoms with Crippen molar-refractivity contribution in [2.45, 2.75) is 13.8 Å². The molecule has 1 aromatic heterocycles. The molecule has 0 fully saturated rings. The van der Waals surface area contributed by atoms with Crippen LogP contribution in [-0.4, -0.2) is 28.8 Å². The van der Waals surface area contributed by atoms with E-state index in [-0.39, 0.29) is 17.0 Å². The molecule has 7 nitrogen and oxygen atoms in total. The fourth-order valence-corrected chi connectivity index (χ4v) is 1.30. The summed E-state index contributed by atoms with van der Waals surface area (Å²) in [6.07, 6.45) is 0. The summed E-state index contributed by atoms with van der Waals surface area (Å²) in [5.74, 6) is -1.32. The Kier molecular flexibility index (Phi) is 3.52. The molecule has 0 radical (unpaired) electrons. The lowest BCUT2D eigenvalue weighted by Crippen LogP contribution is -2.12. The summed E-state index contributed by atoms with van der Waals surface area (Å²) in [6.45, 7) is 2.63. The van der Waals surface area contributed by atoms with E-state index < -0.39 is 22.4 Å². The monoisotopic (exact) mass is 238 g/mol. The SMILES string of the molecule is COC(=O)c1nc(C(C)=O)c([N+](=O)[O-])cc1C. The summed E-state index contributed by atoms with van der Waals surface area (Å²) in [7, 11) is 1.16. The number of hydrogen-bond acceptors (Lipinski definition) is 6. The van der Waals surface area contributed by atoms with Crippen LogP contribution >= 0.6 is 0 Å². The molecule has 0 aliphatic carbocycles. The topological polar surface area (TPSA) is 99.4 Å². The Morgan fingerprint density at radius 2 is 2.00 bits per heavy atom. The van der Waals surface area contributed by atoms with Gasteiger partial charge in [-0.15, -0.1) is 0 Å². The number of ketones is 1.